The van der Waals surface area contributed by atoms with Gasteiger partial charge < -0.3 is 10.6 Å². The molecule has 0 amide bonds. The smallest absolute Gasteiger partial charge is 0.224 e. The van der Waals surface area contributed by atoms with Crippen LogP contribution in [0.25, 0.3) is 11.2 Å². The molecular weight excluding hydrogens is 382 g/mol. The lowest BCUT2D eigenvalue weighted by Crippen LogP contribution is -2.18. The number of halogens is 2. The molecule has 3 aromatic rings. The second-order valence-electron chi connectivity index (χ2n) is 7.10. The van der Waals surface area contributed by atoms with E-state index in [9.17, 15) is 8.78 Å². The van der Waals surface area contributed by atoms with Crippen molar-refractivity contribution in [3.05, 3.63) is 36.0 Å². The summed E-state index contributed by atoms with van der Waals surface area (Å²) in [7, 11) is 0. The second kappa shape index (κ2) is 7.90. The highest BCUT2D eigenvalue weighted by Crippen LogP contribution is 2.34. The van der Waals surface area contributed by atoms with Crippen molar-refractivity contribution in [2.24, 2.45) is 0 Å². The van der Waals surface area contributed by atoms with Crippen molar-refractivity contribution in [1.29, 1.82) is 0 Å². The van der Waals surface area contributed by atoms with Gasteiger partial charge in [-0.1, -0.05) is 0 Å². The first-order valence-electron chi connectivity index (χ1n) is 9.32. The number of hydrogen-bond donors (Lipinski definition) is 2. The van der Waals surface area contributed by atoms with E-state index >= 15 is 0 Å². The summed E-state index contributed by atoms with van der Waals surface area (Å²) in [6.07, 6.45) is 3.63. The molecule has 1 saturated heterocycles. The monoisotopic (exact) mass is 404 g/mol. The van der Waals surface area contributed by atoms with Crippen LogP contribution in [0, 0.1) is 11.6 Å². The Hall–Kier alpha value is -2.42. The highest BCUT2D eigenvalue weighted by atomic mass is 32.2. The maximum atomic E-state index is 14.2. The van der Waals surface area contributed by atoms with Crippen LogP contribution in [0.2, 0.25) is 0 Å². The lowest BCUT2D eigenvalue weighted by Gasteiger charge is -2.25. The van der Waals surface area contributed by atoms with E-state index in [2.05, 4.69) is 25.6 Å². The number of benzene rings is 1. The van der Waals surface area contributed by atoms with Crippen molar-refractivity contribution < 1.29 is 8.78 Å². The molecule has 1 fully saturated rings. The number of nitrogens with one attached hydrogen (secondary N) is 2. The molecule has 0 unspecified atom stereocenters. The van der Waals surface area contributed by atoms with Gasteiger partial charge in [0.1, 0.15) is 17.2 Å². The van der Waals surface area contributed by atoms with Gasteiger partial charge in [0, 0.05) is 18.2 Å². The predicted molar refractivity (Wildman–Crippen MR) is 109 cm³/mol. The molecule has 0 aliphatic carbocycles. The Morgan fingerprint density at radius 2 is 1.96 bits per heavy atom. The Morgan fingerprint density at radius 3 is 2.68 bits per heavy atom. The molecule has 3 heterocycles. The van der Waals surface area contributed by atoms with Gasteiger partial charge in [0.05, 0.1) is 11.9 Å². The zero-order valence-electron chi connectivity index (χ0n) is 15.7. The molecule has 0 radical (unpaired) electrons. The van der Waals surface area contributed by atoms with Gasteiger partial charge in [-0.15, -0.1) is 0 Å². The summed E-state index contributed by atoms with van der Waals surface area (Å²) >= 11 is 1.93. The minimum absolute atomic E-state index is 0.177. The van der Waals surface area contributed by atoms with Crippen molar-refractivity contribution in [3.8, 4) is 0 Å². The molecule has 1 aliphatic heterocycles. The minimum Gasteiger partial charge on any atom is -0.352 e. The third kappa shape index (κ3) is 3.89. The van der Waals surface area contributed by atoms with E-state index in [4.69, 9.17) is 0 Å². The molecule has 0 spiro atoms. The number of hydrogen-bond acceptors (Lipinski definition) is 6. The average Bonchev–Trinajstić information content (AvgIpc) is 3.01. The van der Waals surface area contributed by atoms with Gasteiger partial charge in [-0.2, -0.15) is 16.7 Å². The number of aromatic nitrogens is 4. The summed E-state index contributed by atoms with van der Waals surface area (Å²) in [5, 5.41) is 6.24. The molecule has 1 aromatic carbocycles. The average molecular weight is 404 g/mol. The van der Waals surface area contributed by atoms with Gasteiger partial charge in [0.2, 0.25) is 11.9 Å². The molecule has 28 heavy (non-hydrogen) atoms. The summed E-state index contributed by atoms with van der Waals surface area (Å²) in [5.74, 6) is 1.86. The van der Waals surface area contributed by atoms with E-state index < -0.39 is 11.6 Å². The first-order chi connectivity index (χ1) is 13.5. The summed E-state index contributed by atoms with van der Waals surface area (Å²) in [6, 6.07) is 3.87. The second-order valence-corrected chi connectivity index (χ2v) is 8.32. The van der Waals surface area contributed by atoms with Gasteiger partial charge in [0.25, 0.3) is 0 Å². The first kappa shape index (κ1) is 18.9. The van der Waals surface area contributed by atoms with Crippen LogP contribution in [-0.2, 0) is 0 Å². The zero-order valence-corrected chi connectivity index (χ0v) is 16.6. The van der Waals surface area contributed by atoms with E-state index in [1.165, 1.54) is 12.1 Å². The Bertz CT molecular complexity index is 984. The summed E-state index contributed by atoms with van der Waals surface area (Å²) in [4.78, 5) is 13.6. The van der Waals surface area contributed by atoms with E-state index in [1.807, 2.05) is 30.2 Å². The SMILES string of the molecule is CC(C)Nc1ncc2nc(Nc3ccc(F)cc3F)n(C3CCSCC3)c2n1. The molecule has 148 valence electrons. The van der Waals surface area contributed by atoms with Crippen LogP contribution in [-0.4, -0.2) is 37.1 Å². The van der Waals surface area contributed by atoms with Crippen molar-refractivity contribution in [1.82, 2.24) is 19.5 Å². The Kier molecular flexibility index (Phi) is 5.34. The van der Waals surface area contributed by atoms with Crippen molar-refractivity contribution in [2.45, 2.75) is 38.8 Å². The fraction of sp³-hybridized carbons (Fsp3) is 0.421. The third-order valence-corrected chi connectivity index (χ3v) is 5.63. The molecule has 4 rings (SSSR count). The molecule has 9 heteroatoms. The maximum Gasteiger partial charge on any atom is 0.224 e. The number of nitrogens with zero attached hydrogens (tertiary/aromatic N) is 4. The lowest BCUT2D eigenvalue weighted by atomic mass is 10.1. The van der Waals surface area contributed by atoms with Crippen molar-refractivity contribution in [3.63, 3.8) is 0 Å². The Balaban J connectivity index is 1.79. The van der Waals surface area contributed by atoms with Crippen LogP contribution in [0.3, 0.4) is 0 Å². The van der Waals surface area contributed by atoms with Crippen LogP contribution < -0.4 is 10.6 Å². The van der Waals surface area contributed by atoms with Crippen LogP contribution in [0.15, 0.2) is 24.4 Å². The van der Waals surface area contributed by atoms with Crippen LogP contribution >= 0.6 is 11.8 Å². The van der Waals surface area contributed by atoms with E-state index in [0.29, 0.717) is 23.1 Å². The van der Waals surface area contributed by atoms with Gasteiger partial charge in [0.15, 0.2) is 5.65 Å². The fourth-order valence-electron chi connectivity index (χ4n) is 3.31. The molecular formula is C19H22F2N6S. The van der Waals surface area contributed by atoms with Gasteiger partial charge in [-0.05, 0) is 50.3 Å². The number of anilines is 3. The standard InChI is InChI=1S/C19H22F2N6S/c1-11(2)23-18-22-10-16-17(26-18)27(13-5-7-28-8-6-13)19(25-16)24-15-4-3-12(20)9-14(15)21/h3-4,9-11,13H,5-8H2,1-2H3,(H,24,25)(H,22,23,26). The van der Waals surface area contributed by atoms with Gasteiger partial charge in [-0.3, -0.25) is 4.57 Å². The summed E-state index contributed by atoms with van der Waals surface area (Å²) in [6.45, 7) is 4.04. The molecule has 2 N–H and O–H groups in total. The molecule has 0 saturated carbocycles. The van der Waals surface area contributed by atoms with E-state index in [-0.39, 0.29) is 17.8 Å². The van der Waals surface area contributed by atoms with Crippen LogP contribution in [0.5, 0.6) is 0 Å². The Morgan fingerprint density at radius 1 is 1.18 bits per heavy atom. The number of rotatable bonds is 5. The first-order valence-corrected chi connectivity index (χ1v) is 10.5. The third-order valence-electron chi connectivity index (χ3n) is 4.58. The number of thioether (sulfide) groups is 1. The Labute approximate surface area is 166 Å². The highest BCUT2D eigenvalue weighted by molar-refractivity contribution is 7.99. The molecule has 6 nitrogen and oxygen atoms in total. The van der Waals surface area contributed by atoms with Crippen LogP contribution in [0.4, 0.5) is 26.4 Å². The topological polar surface area (TPSA) is 67.7 Å². The van der Waals surface area contributed by atoms with Gasteiger partial charge in [-0.25, -0.2) is 18.7 Å². The quantitative estimate of drug-likeness (QED) is 0.640. The number of imidazole rings is 1. The van der Waals surface area contributed by atoms with E-state index in [1.54, 1.807) is 6.20 Å². The summed E-state index contributed by atoms with van der Waals surface area (Å²) in [5.41, 5.74) is 1.52. The normalized spacial score (nSPS) is 15.3. The maximum absolute atomic E-state index is 14.2. The highest BCUT2D eigenvalue weighted by Gasteiger charge is 2.24. The molecule has 0 bridgehead atoms. The van der Waals surface area contributed by atoms with Crippen molar-refractivity contribution in [2.75, 3.05) is 22.1 Å². The zero-order chi connectivity index (χ0) is 19.7. The lowest BCUT2D eigenvalue weighted by molar-refractivity contribution is 0.483. The minimum atomic E-state index is -0.661. The molecule has 2 aromatic heterocycles. The molecule has 0 atom stereocenters. The molecule has 1 aliphatic rings. The van der Waals surface area contributed by atoms with Crippen molar-refractivity contribution >= 4 is 40.5 Å². The number of fused-ring (bicyclic) bond motifs is 1. The fourth-order valence-corrected chi connectivity index (χ4v) is 4.39. The largest absolute Gasteiger partial charge is 0.352 e. The predicted octanol–water partition coefficient (Wildman–Crippen LogP) is 4.74. The van der Waals surface area contributed by atoms with E-state index in [0.717, 1.165) is 30.4 Å². The van der Waals surface area contributed by atoms with Crippen LogP contribution in [0.1, 0.15) is 32.7 Å². The summed E-state index contributed by atoms with van der Waals surface area (Å²) < 4.78 is 29.5. The van der Waals surface area contributed by atoms with Gasteiger partial charge >= 0.3 is 0 Å².